The molecule has 7 nitrogen and oxygen atoms in total. The number of piperidine rings is 1. The molecule has 0 bridgehead atoms. The van der Waals surface area contributed by atoms with Gasteiger partial charge in [-0.3, -0.25) is 9.52 Å². The largest absolute Gasteiger partial charge is 0.497 e. The highest BCUT2D eigenvalue weighted by Gasteiger charge is 2.27. The van der Waals surface area contributed by atoms with E-state index in [1.165, 1.54) is 44.8 Å². The van der Waals surface area contributed by atoms with E-state index in [4.69, 9.17) is 4.74 Å². The number of nitrogens with zero attached hydrogens (tertiary/aromatic N) is 2. The zero-order valence-electron chi connectivity index (χ0n) is 20.8. The van der Waals surface area contributed by atoms with Gasteiger partial charge in [0.15, 0.2) is 0 Å². The molecule has 1 amide bonds. The van der Waals surface area contributed by atoms with Crippen LogP contribution in [0.1, 0.15) is 54.4 Å². The van der Waals surface area contributed by atoms with Crippen molar-refractivity contribution >= 4 is 21.6 Å². The third-order valence-electron chi connectivity index (χ3n) is 7.21. The van der Waals surface area contributed by atoms with Gasteiger partial charge in [0.1, 0.15) is 5.75 Å². The molecule has 0 atom stereocenters. The average Bonchev–Trinajstić information content (AvgIpc) is 3.13. The fraction of sp³-hybridized carbons (Fsp3) is 0.519. The summed E-state index contributed by atoms with van der Waals surface area (Å²) < 4.78 is 33.7. The van der Waals surface area contributed by atoms with Crippen molar-refractivity contribution in [3.63, 3.8) is 0 Å². The topological polar surface area (TPSA) is 78.9 Å². The molecule has 0 spiro atoms. The first-order valence-electron chi connectivity index (χ1n) is 12.6. The van der Waals surface area contributed by atoms with E-state index in [1.807, 2.05) is 11.8 Å². The van der Waals surface area contributed by atoms with Crippen molar-refractivity contribution in [3.05, 3.63) is 53.6 Å². The second-order valence-corrected chi connectivity index (χ2v) is 11.4. The van der Waals surface area contributed by atoms with Crippen LogP contribution < -0.4 is 9.46 Å². The number of benzene rings is 2. The van der Waals surface area contributed by atoms with Crippen molar-refractivity contribution in [1.29, 1.82) is 0 Å². The van der Waals surface area contributed by atoms with E-state index in [0.29, 0.717) is 22.9 Å². The van der Waals surface area contributed by atoms with Gasteiger partial charge < -0.3 is 14.5 Å². The summed E-state index contributed by atoms with van der Waals surface area (Å²) in [5.74, 6) is 1.18. The number of hydrogen-bond donors (Lipinski definition) is 1. The van der Waals surface area contributed by atoms with E-state index in [9.17, 15) is 13.2 Å². The molecule has 1 N–H and O–H groups in total. The molecule has 2 aliphatic heterocycles. The lowest BCUT2D eigenvalue weighted by Crippen LogP contribution is -2.42. The Labute approximate surface area is 209 Å². The summed E-state index contributed by atoms with van der Waals surface area (Å²) in [5.41, 5.74) is 1.67. The van der Waals surface area contributed by atoms with Crippen LogP contribution in [0, 0.1) is 12.8 Å². The van der Waals surface area contributed by atoms with Crippen LogP contribution in [-0.2, 0) is 10.0 Å². The van der Waals surface area contributed by atoms with Gasteiger partial charge in [-0.15, -0.1) is 0 Å². The third-order valence-corrected chi connectivity index (χ3v) is 8.59. The molecule has 8 heteroatoms. The molecule has 0 saturated carbocycles. The molecular weight excluding hydrogens is 462 g/mol. The molecule has 0 aliphatic carbocycles. The van der Waals surface area contributed by atoms with Gasteiger partial charge in [-0.2, -0.15) is 0 Å². The Hall–Kier alpha value is -2.58. The first-order valence-corrected chi connectivity index (χ1v) is 14.1. The molecule has 0 aromatic heterocycles. The predicted molar refractivity (Wildman–Crippen MR) is 139 cm³/mol. The molecule has 190 valence electrons. The van der Waals surface area contributed by atoms with Crippen LogP contribution in [0.2, 0.25) is 0 Å². The molecule has 4 rings (SSSR count). The third kappa shape index (κ3) is 6.55. The second-order valence-electron chi connectivity index (χ2n) is 9.76. The van der Waals surface area contributed by atoms with Crippen LogP contribution in [0.15, 0.2) is 47.4 Å². The van der Waals surface area contributed by atoms with Gasteiger partial charge in [-0.05, 0) is 93.6 Å². The molecule has 2 heterocycles. The molecule has 0 unspecified atom stereocenters. The minimum Gasteiger partial charge on any atom is -0.497 e. The maximum Gasteiger partial charge on any atom is 0.261 e. The molecule has 2 aromatic carbocycles. The monoisotopic (exact) mass is 499 g/mol. The first kappa shape index (κ1) is 25.5. The van der Waals surface area contributed by atoms with Crippen molar-refractivity contribution in [2.75, 3.05) is 44.6 Å². The number of methoxy groups -OCH3 is 1. The lowest BCUT2D eigenvalue weighted by molar-refractivity contribution is 0.0667. The standard InChI is InChI=1S/C27H37N3O4S/c1-21-7-12-25(35(32,33)28-23-8-10-24(34-2)11-9-23)19-26(21)27(31)30-17-13-22(14-18-30)20-29-15-5-3-4-6-16-29/h7-12,19,22,28H,3-6,13-18,20H2,1-2H3. The number of carbonyl (C=O) groups excluding carboxylic acids is 1. The quantitative estimate of drug-likeness (QED) is 0.605. The van der Waals surface area contributed by atoms with E-state index in [0.717, 1.165) is 38.0 Å². The molecule has 0 radical (unpaired) electrons. The molecule has 2 aromatic rings. The lowest BCUT2D eigenvalue weighted by atomic mass is 9.95. The Morgan fingerprint density at radius 3 is 2.26 bits per heavy atom. The number of rotatable bonds is 7. The maximum absolute atomic E-state index is 13.4. The van der Waals surface area contributed by atoms with Gasteiger partial charge in [0, 0.05) is 30.9 Å². The first-order chi connectivity index (χ1) is 16.9. The van der Waals surface area contributed by atoms with Gasteiger partial charge >= 0.3 is 0 Å². The summed E-state index contributed by atoms with van der Waals surface area (Å²) in [6.07, 6.45) is 7.27. The van der Waals surface area contributed by atoms with Crippen LogP contribution in [0.3, 0.4) is 0 Å². The maximum atomic E-state index is 13.4. The minimum absolute atomic E-state index is 0.0818. The zero-order chi connectivity index (χ0) is 24.8. The van der Waals surface area contributed by atoms with E-state index >= 15 is 0 Å². The number of anilines is 1. The lowest BCUT2D eigenvalue weighted by Gasteiger charge is -2.35. The van der Waals surface area contributed by atoms with E-state index in [1.54, 1.807) is 43.5 Å². The van der Waals surface area contributed by atoms with Crippen LogP contribution in [0.25, 0.3) is 0 Å². The van der Waals surface area contributed by atoms with Crippen molar-refractivity contribution in [3.8, 4) is 5.75 Å². The van der Waals surface area contributed by atoms with Crippen LogP contribution in [-0.4, -0.2) is 64.0 Å². The number of nitrogens with one attached hydrogen (secondary N) is 1. The zero-order valence-corrected chi connectivity index (χ0v) is 21.6. The van der Waals surface area contributed by atoms with E-state index in [-0.39, 0.29) is 10.8 Å². The van der Waals surface area contributed by atoms with Crippen molar-refractivity contribution in [2.45, 2.75) is 50.3 Å². The fourth-order valence-electron chi connectivity index (χ4n) is 5.04. The highest BCUT2D eigenvalue weighted by atomic mass is 32.2. The number of amides is 1. The Morgan fingerprint density at radius 2 is 1.63 bits per heavy atom. The second kappa shape index (κ2) is 11.4. The number of aryl methyl sites for hydroxylation is 1. The average molecular weight is 500 g/mol. The van der Waals surface area contributed by atoms with Gasteiger partial charge in [0.05, 0.1) is 12.0 Å². The molecule has 2 saturated heterocycles. The molecular formula is C27H37N3O4S. The Bertz CT molecular complexity index is 1100. The van der Waals surface area contributed by atoms with Gasteiger partial charge in [0.25, 0.3) is 15.9 Å². The van der Waals surface area contributed by atoms with Crippen LogP contribution >= 0.6 is 0 Å². The minimum atomic E-state index is -3.83. The summed E-state index contributed by atoms with van der Waals surface area (Å²) in [6, 6.07) is 11.4. The van der Waals surface area contributed by atoms with Gasteiger partial charge in [-0.1, -0.05) is 18.9 Å². The van der Waals surface area contributed by atoms with Gasteiger partial charge in [-0.25, -0.2) is 8.42 Å². The number of ether oxygens (including phenoxy) is 1. The Kier molecular flexibility index (Phi) is 8.34. The van der Waals surface area contributed by atoms with E-state index < -0.39 is 10.0 Å². The SMILES string of the molecule is COc1ccc(NS(=O)(=O)c2ccc(C)c(C(=O)N3CCC(CN4CCCCCC4)CC3)c2)cc1. The Morgan fingerprint density at radius 1 is 0.971 bits per heavy atom. The summed E-state index contributed by atoms with van der Waals surface area (Å²) in [7, 11) is -2.27. The summed E-state index contributed by atoms with van der Waals surface area (Å²) >= 11 is 0. The van der Waals surface area contributed by atoms with Crippen molar-refractivity contribution < 1.29 is 17.9 Å². The molecule has 2 fully saturated rings. The smallest absolute Gasteiger partial charge is 0.261 e. The fourth-order valence-corrected chi connectivity index (χ4v) is 6.13. The normalized spacial score (nSPS) is 18.2. The predicted octanol–water partition coefficient (Wildman–Crippen LogP) is 4.53. The molecule has 2 aliphatic rings. The van der Waals surface area contributed by atoms with Gasteiger partial charge in [0.2, 0.25) is 0 Å². The van der Waals surface area contributed by atoms with Crippen molar-refractivity contribution in [1.82, 2.24) is 9.80 Å². The highest BCUT2D eigenvalue weighted by Crippen LogP contribution is 2.25. The summed E-state index contributed by atoms with van der Waals surface area (Å²) in [6.45, 7) is 6.82. The summed E-state index contributed by atoms with van der Waals surface area (Å²) in [4.78, 5) is 17.9. The summed E-state index contributed by atoms with van der Waals surface area (Å²) in [5, 5.41) is 0. The Balaban J connectivity index is 1.40. The number of hydrogen-bond acceptors (Lipinski definition) is 5. The van der Waals surface area contributed by atoms with Crippen LogP contribution in [0.5, 0.6) is 5.75 Å². The number of sulfonamides is 1. The number of likely N-dealkylation sites (tertiary alicyclic amines) is 2. The highest BCUT2D eigenvalue weighted by molar-refractivity contribution is 7.92. The number of carbonyl (C=O) groups is 1. The van der Waals surface area contributed by atoms with Crippen LogP contribution in [0.4, 0.5) is 5.69 Å². The van der Waals surface area contributed by atoms with E-state index in [2.05, 4.69) is 9.62 Å². The van der Waals surface area contributed by atoms with Crippen molar-refractivity contribution in [2.24, 2.45) is 5.92 Å². The molecule has 35 heavy (non-hydrogen) atoms.